The summed E-state index contributed by atoms with van der Waals surface area (Å²) >= 11 is 0. The van der Waals surface area contributed by atoms with Crippen LogP contribution in [0.1, 0.15) is 16.7 Å². The fourth-order valence-corrected chi connectivity index (χ4v) is 3.07. The summed E-state index contributed by atoms with van der Waals surface area (Å²) in [5, 5.41) is 5.77. The number of urea groups is 1. The van der Waals surface area contributed by atoms with Crippen LogP contribution in [-0.4, -0.2) is 49.1 Å². The molecule has 0 radical (unpaired) electrons. The molecule has 0 spiro atoms. The average Bonchev–Trinajstić information content (AvgIpc) is 2.62. The molecule has 0 saturated carbocycles. The molecule has 0 atom stereocenters. The number of aryl methyl sites for hydroxylation is 2. The molecule has 5 heteroatoms. The van der Waals surface area contributed by atoms with E-state index in [-0.39, 0.29) is 6.03 Å². The average molecular weight is 352 g/mol. The van der Waals surface area contributed by atoms with Crippen molar-refractivity contribution < 1.29 is 4.79 Å². The van der Waals surface area contributed by atoms with E-state index in [4.69, 9.17) is 0 Å². The maximum atomic E-state index is 12.2. The highest BCUT2D eigenvalue weighted by atomic mass is 16.2. The van der Waals surface area contributed by atoms with Crippen molar-refractivity contribution in [2.75, 3.05) is 43.9 Å². The molecular weight excluding hydrogens is 324 g/mol. The Bertz CT molecular complexity index is 749. The number of rotatable bonds is 4. The van der Waals surface area contributed by atoms with E-state index in [9.17, 15) is 4.79 Å². The Hall–Kier alpha value is -2.37. The van der Waals surface area contributed by atoms with Gasteiger partial charge in [-0.2, -0.15) is 0 Å². The quantitative estimate of drug-likeness (QED) is 0.882. The Morgan fingerprint density at radius 2 is 1.50 bits per heavy atom. The number of anilines is 2. The van der Waals surface area contributed by atoms with E-state index < -0.39 is 0 Å². The predicted octanol–water partition coefficient (Wildman–Crippen LogP) is 3.69. The lowest BCUT2D eigenvalue weighted by atomic mass is 10.1. The zero-order valence-corrected chi connectivity index (χ0v) is 15.9. The fraction of sp³-hybridized carbons (Fsp3) is 0.381. The number of nitrogens with one attached hydrogen (secondary N) is 2. The Kier molecular flexibility index (Phi) is 5.91. The maximum absolute atomic E-state index is 12.2. The minimum Gasteiger partial charge on any atom is -0.308 e. The second kappa shape index (κ2) is 8.34. The summed E-state index contributed by atoms with van der Waals surface area (Å²) in [6, 6.07) is 13.8. The molecule has 3 rings (SSSR count). The van der Waals surface area contributed by atoms with Crippen molar-refractivity contribution in [3.8, 4) is 0 Å². The molecule has 5 nitrogen and oxygen atoms in total. The summed E-state index contributed by atoms with van der Waals surface area (Å²) in [7, 11) is 2.17. The van der Waals surface area contributed by atoms with Crippen molar-refractivity contribution in [1.29, 1.82) is 0 Å². The normalized spacial score (nSPS) is 15.7. The minimum atomic E-state index is -0.222. The largest absolute Gasteiger partial charge is 0.323 e. The third-order valence-electron chi connectivity index (χ3n) is 4.98. The van der Waals surface area contributed by atoms with Gasteiger partial charge in [-0.25, -0.2) is 4.79 Å². The first kappa shape index (κ1) is 18.4. The van der Waals surface area contributed by atoms with Gasteiger partial charge in [-0.15, -0.1) is 0 Å². The third kappa shape index (κ3) is 5.07. The first-order valence-electron chi connectivity index (χ1n) is 9.15. The molecule has 1 saturated heterocycles. The number of piperazine rings is 1. The Labute approximate surface area is 156 Å². The van der Waals surface area contributed by atoms with Crippen LogP contribution in [0.5, 0.6) is 0 Å². The molecule has 26 heavy (non-hydrogen) atoms. The summed E-state index contributed by atoms with van der Waals surface area (Å²) in [6.45, 7) is 9.52. The number of carbonyl (C=O) groups excluding carboxylic acids is 1. The summed E-state index contributed by atoms with van der Waals surface area (Å²) in [4.78, 5) is 17.0. The maximum Gasteiger partial charge on any atom is 0.323 e. The smallest absolute Gasteiger partial charge is 0.308 e. The number of carbonyl (C=O) groups is 1. The van der Waals surface area contributed by atoms with Crippen LogP contribution in [0.2, 0.25) is 0 Å². The Morgan fingerprint density at radius 3 is 2.15 bits per heavy atom. The van der Waals surface area contributed by atoms with Gasteiger partial charge < -0.3 is 15.5 Å². The van der Waals surface area contributed by atoms with Crippen LogP contribution in [0.4, 0.5) is 16.2 Å². The molecule has 0 bridgehead atoms. The topological polar surface area (TPSA) is 47.6 Å². The summed E-state index contributed by atoms with van der Waals surface area (Å²) < 4.78 is 0. The van der Waals surface area contributed by atoms with Gasteiger partial charge in [0.2, 0.25) is 0 Å². The van der Waals surface area contributed by atoms with Crippen LogP contribution in [0, 0.1) is 13.8 Å². The number of benzene rings is 2. The molecule has 138 valence electrons. The van der Waals surface area contributed by atoms with E-state index in [1.165, 1.54) is 11.1 Å². The third-order valence-corrected chi connectivity index (χ3v) is 4.98. The molecule has 0 aliphatic carbocycles. The number of amides is 2. The molecule has 1 aliphatic rings. The van der Waals surface area contributed by atoms with Gasteiger partial charge in [-0.3, -0.25) is 4.90 Å². The summed E-state index contributed by atoms with van der Waals surface area (Å²) in [5.74, 6) is 0. The zero-order valence-electron chi connectivity index (χ0n) is 15.9. The van der Waals surface area contributed by atoms with Gasteiger partial charge in [0, 0.05) is 44.1 Å². The molecule has 0 unspecified atom stereocenters. The number of nitrogens with zero attached hydrogens (tertiary/aromatic N) is 2. The highest BCUT2D eigenvalue weighted by Gasteiger charge is 2.13. The second-order valence-electron chi connectivity index (χ2n) is 7.15. The fourth-order valence-electron chi connectivity index (χ4n) is 3.07. The van der Waals surface area contributed by atoms with Gasteiger partial charge >= 0.3 is 6.03 Å². The van der Waals surface area contributed by atoms with Crippen molar-refractivity contribution >= 4 is 17.4 Å². The van der Waals surface area contributed by atoms with Gasteiger partial charge in [0.15, 0.2) is 0 Å². The molecule has 1 aliphatic heterocycles. The van der Waals surface area contributed by atoms with Gasteiger partial charge in [0.25, 0.3) is 0 Å². The lowest BCUT2D eigenvalue weighted by molar-refractivity contribution is 0.148. The Morgan fingerprint density at radius 1 is 0.885 bits per heavy atom. The molecule has 2 amide bonds. The van der Waals surface area contributed by atoms with Crippen LogP contribution >= 0.6 is 0 Å². The number of likely N-dealkylation sites (N-methyl/N-ethyl adjacent to an activating group) is 1. The van der Waals surface area contributed by atoms with Gasteiger partial charge in [0.05, 0.1) is 0 Å². The van der Waals surface area contributed by atoms with E-state index >= 15 is 0 Å². The van der Waals surface area contributed by atoms with Crippen molar-refractivity contribution in [1.82, 2.24) is 9.80 Å². The van der Waals surface area contributed by atoms with Crippen molar-refractivity contribution in [3.05, 3.63) is 59.2 Å². The molecule has 2 aromatic carbocycles. The standard InChI is InChI=1S/C21H28N4O/c1-16-4-7-20(14-17(16)2)23-21(26)22-19-8-5-18(6-9-19)15-25-12-10-24(3)11-13-25/h4-9,14H,10-13,15H2,1-3H3,(H2,22,23,26). The SMILES string of the molecule is Cc1ccc(NC(=O)Nc2ccc(CN3CCN(C)CC3)cc2)cc1C. The van der Waals surface area contributed by atoms with Crippen LogP contribution < -0.4 is 10.6 Å². The molecular formula is C21H28N4O. The van der Waals surface area contributed by atoms with E-state index in [1.54, 1.807) is 0 Å². The van der Waals surface area contributed by atoms with E-state index in [1.807, 2.05) is 37.3 Å². The number of hydrogen-bond acceptors (Lipinski definition) is 3. The van der Waals surface area contributed by atoms with Crippen LogP contribution in [-0.2, 0) is 6.54 Å². The molecule has 1 heterocycles. The van der Waals surface area contributed by atoms with Gasteiger partial charge in [0.1, 0.15) is 0 Å². The highest BCUT2D eigenvalue weighted by Crippen LogP contribution is 2.16. The zero-order chi connectivity index (χ0) is 18.5. The second-order valence-corrected chi connectivity index (χ2v) is 7.15. The minimum absolute atomic E-state index is 0.222. The number of hydrogen-bond donors (Lipinski definition) is 2. The molecule has 2 aromatic rings. The molecule has 2 N–H and O–H groups in total. The van der Waals surface area contributed by atoms with Crippen LogP contribution in [0.25, 0.3) is 0 Å². The predicted molar refractivity (Wildman–Crippen MR) is 108 cm³/mol. The van der Waals surface area contributed by atoms with Gasteiger partial charge in [-0.05, 0) is 61.9 Å². The summed E-state index contributed by atoms with van der Waals surface area (Å²) in [6.07, 6.45) is 0. The van der Waals surface area contributed by atoms with E-state index in [0.717, 1.165) is 49.7 Å². The van der Waals surface area contributed by atoms with Crippen LogP contribution in [0.15, 0.2) is 42.5 Å². The van der Waals surface area contributed by atoms with Gasteiger partial charge in [-0.1, -0.05) is 18.2 Å². The first-order valence-corrected chi connectivity index (χ1v) is 9.15. The van der Waals surface area contributed by atoms with Crippen LogP contribution in [0.3, 0.4) is 0 Å². The van der Waals surface area contributed by atoms with E-state index in [0.29, 0.717) is 0 Å². The summed E-state index contributed by atoms with van der Waals surface area (Å²) in [5.41, 5.74) is 5.25. The lowest BCUT2D eigenvalue weighted by Crippen LogP contribution is -2.43. The first-order chi connectivity index (χ1) is 12.5. The molecule has 1 fully saturated rings. The van der Waals surface area contributed by atoms with E-state index in [2.05, 4.69) is 46.5 Å². The lowest BCUT2D eigenvalue weighted by Gasteiger charge is -2.32. The van der Waals surface area contributed by atoms with Crippen molar-refractivity contribution in [2.45, 2.75) is 20.4 Å². The monoisotopic (exact) mass is 352 g/mol. The Balaban J connectivity index is 1.51. The van der Waals surface area contributed by atoms with Crippen molar-refractivity contribution in [2.24, 2.45) is 0 Å². The highest BCUT2D eigenvalue weighted by molar-refractivity contribution is 5.99. The van der Waals surface area contributed by atoms with Crippen molar-refractivity contribution in [3.63, 3.8) is 0 Å². The molecule has 0 aromatic heterocycles.